The summed E-state index contributed by atoms with van der Waals surface area (Å²) in [6.07, 6.45) is 57.6. The number of phosphoric ester groups is 2. The molecule has 0 aromatic rings. The molecule has 0 radical (unpaired) electrons. The molecule has 6 atom stereocenters. The zero-order chi connectivity index (χ0) is 68.4. The molecule has 0 heterocycles. The van der Waals surface area contributed by atoms with Crippen LogP contribution in [0, 0.1) is 5.92 Å². The molecule has 0 aliphatic heterocycles. The molecule has 0 amide bonds. The molecule has 19 heteroatoms. The largest absolute Gasteiger partial charge is 0.472 e. The number of aliphatic hydroxyl groups excluding tert-OH is 1. The average Bonchev–Trinajstić information content (AvgIpc) is 2.09. The normalized spacial score (nSPS) is 14.5. The van der Waals surface area contributed by atoms with Gasteiger partial charge in [-0.1, -0.05) is 309 Å². The van der Waals surface area contributed by atoms with Crippen molar-refractivity contribution in [3.05, 3.63) is 24.3 Å². The van der Waals surface area contributed by atoms with Crippen LogP contribution in [0.2, 0.25) is 0 Å². The summed E-state index contributed by atoms with van der Waals surface area (Å²) < 4.78 is 68.4. The number of esters is 4. The van der Waals surface area contributed by atoms with Gasteiger partial charge < -0.3 is 33.8 Å². The fraction of sp³-hybridized carbons (Fsp3) is 0.892. The van der Waals surface area contributed by atoms with Crippen LogP contribution in [0.25, 0.3) is 0 Å². The third kappa shape index (κ3) is 66.6. The molecule has 0 aromatic heterocycles. The standard InChI is InChI=1S/C74H140O17P2/c1-6-10-13-16-19-22-24-26-28-29-31-33-35-38-44-49-54-59-73(78)90-69(64-85-72(77)58-53-48-43-37-34-32-30-27-25-23-20-17-14-11-7-2)65-88-92(80,81)86-61-68(75)62-87-93(82,83)89-66-70(63-84-71(76)57-52-47-42-36-21-18-15-12-8-3)91-74(79)60-55-50-45-40-39-41-46-51-56-67(5)9-4/h23,25,27,30,67-70,75H,6-22,24,26,28-29,31-66H2,1-5H3,(H,80,81)(H,82,83)/b25-23-,30-27-/t67?,68-,69-,70-/m1/s1. The molecule has 548 valence electrons. The maximum atomic E-state index is 13.1. The minimum atomic E-state index is -4.96. The van der Waals surface area contributed by atoms with Gasteiger partial charge in [-0.25, -0.2) is 9.13 Å². The Morgan fingerprint density at radius 1 is 0.344 bits per heavy atom. The van der Waals surface area contributed by atoms with Crippen molar-refractivity contribution in [2.45, 2.75) is 380 Å². The molecule has 0 rings (SSSR count). The van der Waals surface area contributed by atoms with E-state index in [0.29, 0.717) is 25.7 Å². The first-order valence-corrected chi connectivity index (χ1v) is 41.0. The molecule has 3 N–H and O–H groups in total. The van der Waals surface area contributed by atoms with Crippen LogP contribution < -0.4 is 0 Å². The molecule has 0 saturated carbocycles. The summed E-state index contributed by atoms with van der Waals surface area (Å²) in [5.41, 5.74) is 0. The number of carbonyl (C=O) groups is 4. The fourth-order valence-electron chi connectivity index (χ4n) is 10.8. The molecule has 93 heavy (non-hydrogen) atoms. The second-order valence-corrected chi connectivity index (χ2v) is 29.1. The van der Waals surface area contributed by atoms with Gasteiger partial charge >= 0.3 is 39.5 Å². The molecule has 0 bridgehead atoms. The van der Waals surface area contributed by atoms with E-state index < -0.39 is 97.5 Å². The molecule has 0 fully saturated rings. The lowest BCUT2D eigenvalue weighted by atomic mass is 9.99. The van der Waals surface area contributed by atoms with E-state index in [1.165, 1.54) is 167 Å². The Hall–Kier alpha value is -2.46. The van der Waals surface area contributed by atoms with E-state index in [9.17, 15) is 43.2 Å². The molecule has 0 aliphatic carbocycles. The van der Waals surface area contributed by atoms with Gasteiger partial charge in [0, 0.05) is 25.7 Å². The van der Waals surface area contributed by atoms with Crippen molar-refractivity contribution in [3.8, 4) is 0 Å². The number of hydrogen-bond acceptors (Lipinski definition) is 15. The molecule has 17 nitrogen and oxygen atoms in total. The summed E-state index contributed by atoms with van der Waals surface area (Å²) in [7, 11) is -9.92. The van der Waals surface area contributed by atoms with Crippen molar-refractivity contribution < 1.29 is 80.2 Å². The van der Waals surface area contributed by atoms with Crippen LogP contribution in [0.4, 0.5) is 0 Å². The van der Waals surface area contributed by atoms with Crippen LogP contribution in [-0.4, -0.2) is 96.7 Å². The molecule has 0 aromatic carbocycles. The van der Waals surface area contributed by atoms with Crippen molar-refractivity contribution in [1.82, 2.24) is 0 Å². The predicted molar refractivity (Wildman–Crippen MR) is 377 cm³/mol. The number of aliphatic hydroxyl groups is 1. The lowest BCUT2D eigenvalue weighted by Gasteiger charge is -2.21. The molecule has 0 aliphatic rings. The van der Waals surface area contributed by atoms with Gasteiger partial charge in [0.1, 0.15) is 19.3 Å². The van der Waals surface area contributed by atoms with Gasteiger partial charge in [0.05, 0.1) is 26.4 Å². The van der Waals surface area contributed by atoms with Gasteiger partial charge in [-0.15, -0.1) is 0 Å². The Bertz CT molecular complexity index is 1880. The van der Waals surface area contributed by atoms with Crippen molar-refractivity contribution in [1.29, 1.82) is 0 Å². The molecule has 0 saturated heterocycles. The Labute approximate surface area is 567 Å². The van der Waals surface area contributed by atoms with Crippen LogP contribution in [0.3, 0.4) is 0 Å². The number of phosphoric acid groups is 2. The highest BCUT2D eigenvalue weighted by Gasteiger charge is 2.30. The van der Waals surface area contributed by atoms with Crippen molar-refractivity contribution in [2.75, 3.05) is 39.6 Å². The molecule has 3 unspecified atom stereocenters. The smallest absolute Gasteiger partial charge is 0.462 e. The fourth-order valence-corrected chi connectivity index (χ4v) is 12.4. The van der Waals surface area contributed by atoms with Gasteiger partial charge in [-0.3, -0.25) is 37.3 Å². The first-order chi connectivity index (χ1) is 45.1. The maximum absolute atomic E-state index is 13.1. The number of allylic oxidation sites excluding steroid dienone is 4. The summed E-state index contributed by atoms with van der Waals surface area (Å²) >= 11 is 0. The van der Waals surface area contributed by atoms with E-state index in [4.69, 9.17) is 37.0 Å². The zero-order valence-corrected chi connectivity index (χ0v) is 61.7. The molecular weight excluding hydrogens is 1220 g/mol. The maximum Gasteiger partial charge on any atom is 0.472 e. The SMILES string of the molecule is CCCCCC/C=C\C=C/CCCCCCCC(=O)OC[C@H](COP(=O)(O)OC[C@@H](O)COP(=O)(O)OC[C@@H](COC(=O)CCCCCCCCCCC)OC(=O)CCCCCCCCCCC(C)CC)OC(=O)CCCCCCCCCCCCCCCCCCC. The van der Waals surface area contributed by atoms with E-state index in [1.807, 2.05) is 0 Å². The zero-order valence-electron chi connectivity index (χ0n) is 59.9. The summed E-state index contributed by atoms with van der Waals surface area (Å²) in [5.74, 6) is -1.38. The highest BCUT2D eigenvalue weighted by Crippen LogP contribution is 2.45. The van der Waals surface area contributed by atoms with E-state index in [0.717, 1.165) is 115 Å². The van der Waals surface area contributed by atoms with E-state index in [2.05, 4.69) is 58.9 Å². The Balaban J connectivity index is 5.27. The van der Waals surface area contributed by atoms with Crippen molar-refractivity contribution >= 4 is 39.5 Å². The van der Waals surface area contributed by atoms with Gasteiger partial charge in [0.25, 0.3) is 0 Å². The second-order valence-electron chi connectivity index (χ2n) is 26.2. The van der Waals surface area contributed by atoms with Crippen LogP contribution >= 0.6 is 15.6 Å². The lowest BCUT2D eigenvalue weighted by molar-refractivity contribution is -0.161. The predicted octanol–water partition coefficient (Wildman–Crippen LogP) is 21.2. The number of hydrogen-bond donors (Lipinski definition) is 3. The third-order valence-corrected chi connectivity index (χ3v) is 18.9. The van der Waals surface area contributed by atoms with E-state index >= 15 is 0 Å². The van der Waals surface area contributed by atoms with Crippen molar-refractivity contribution in [2.24, 2.45) is 5.92 Å². The summed E-state index contributed by atoms with van der Waals surface area (Å²) in [6.45, 7) is 7.19. The topological polar surface area (TPSA) is 237 Å². The number of rotatable bonds is 72. The van der Waals surface area contributed by atoms with Crippen LogP contribution in [0.5, 0.6) is 0 Å². The summed E-state index contributed by atoms with van der Waals surface area (Å²) in [5, 5.41) is 10.6. The second kappa shape index (κ2) is 66.8. The Morgan fingerprint density at radius 3 is 0.914 bits per heavy atom. The number of unbranched alkanes of at least 4 members (excludes halogenated alkanes) is 40. The van der Waals surface area contributed by atoms with Crippen LogP contribution in [0.1, 0.15) is 362 Å². The first kappa shape index (κ1) is 90.5. The summed E-state index contributed by atoms with van der Waals surface area (Å²) in [4.78, 5) is 72.6. The highest BCUT2D eigenvalue weighted by molar-refractivity contribution is 7.47. The third-order valence-electron chi connectivity index (χ3n) is 17.0. The van der Waals surface area contributed by atoms with Gasteiger partial charge in [0.2, 0.25) is 0 Å². The minimum absolute atomic E-state index is 0.102. The monoisotopic (exact) mass is 1360 g/mol. The van der Waals surface area contributed by atoms with E-state index in [-0.39, 0.29) is 25.7 Å². The molecular formula is C74H140O17P2. The Morgan fingerprint density at radius 2 is 0.602 bits per heavy atom. The van der Waals surface area contributed by atoms with Gasteiger partial charge in [0.15, 0.2) is 12.2 Å². The number of carbonyl (C=O) groups excluding carboxylic acids is 4. The quantitative estimate of drug-likeness (QED) is 0.0169. The Kier molecular flexibility index (Phi) is 65.0. The van der Waals surface area contributed by atoms with Crippen LogP contribution in [0.15, 0.2) is 24.3 Å². The summed E-state index contributed by atoms with van der Waals surface area (Å²) in [6, 6.07) is 0. The number of ether oxygens (including phenoxy) is 4. The van der Waals surface area contributed by atoms with Gasteiger partial charge in [-0.05, 0) is 57.3 Å². The van der Waals surface area contributed by atoms with Crippen molar-refractivity contribution in [3.63, 3.8) is 0 Å². The lowest BCUT2D eigenvalue weighted by Crippen LogP contribution is -2.30. The van der Waals surface area contributed by atoms with Gasteiger partial charge in [-0.2, -0.15) is 0 Å². The molecule has 0 spiro atoms. The van der Waals surface area contributed by atoms with Crippen LogP contribution in [-0.2, 0) is 65.4 Å². The minimum Gasteiger partial charge on any atom is -0.462 e. The first-order valence-electron chi connectivity index (χ1n) is 38.0. The van der Waals surface area contributed by atoms with E-state index in [1.54, 1.807) is 0 Å². The average molecular weight is 1360 g/mol. The highest BCUT2D eigenvalue weighted by atomic mass is 31.2.